The molecule has 0 bridgehead atoms. The number of carbonyl (C=O) groups is 1. The lowest BCUT2D eigenvalue weighted by Crippen LogP contribution is -2.50. The van der Waals surface area contributed by atoms with Gasteiger partial charge in [0.15, 0.2) is 0 Å². The predicted molar refractivity (Wildman–Crippen MR) is 134 cm³/mol. The van der Waals surface area contributed by atoms with E-state index in [9.17, 15) is 4.79 Å². The van der Waals surface area contributed by atoms with Crippen LogP contribution in [0.2, 0.25) is 0 Å². The highest BCUT2D eigenvalue weighted by Gasteiger charge is 2.33. The van der Waals surface area contributed by atoms with Crippen LogP contribution in [0.15, 0.2) is 60.7 Å². The van der Waals surface area contributed by atoms with E-state index < -0.39 is 5.91 Å². The van der Waals surface area contributed by atoms with Gasteiger partial charge in [0.05, 0.1) is 30.5 Å². The van der Waals surface area contributed by atoms with Crippen molar-refractivity contribution in [1.82, 2.24) is 20.8 Å². The number of carbonyl (C=O) groups excluding carboxylic acids is 1. The van der Waals surface area contributed by atoms with Crippen LogP contribution >= 0.6 is 0 Å². The van der Waals surface area contributed by atoms with Gasteiger partial charge in [-0.3, -0.25) is 30.2 Å². The zero-order chi connectivity index (χ0) is 24.9. The number of rotatable bonds is 8. The first kappa shape index (κ1) is 24.2. The maximum Gasteiger partial charge on any atom is 0.245 e. The maximum absolute atomic E-state index is 11.9. The summed E-state index contributed by atoms with van der Waals surface area (Å²) >= 11 is 0. The van der Waals surface area contributed by atoms with Crippen molar-refractivity contribution >= 4 is 22.5 Å². The fourth-order valence-corrected chi connectivity index (χ4v) is 4.71. The highest BCUT2D eigenvalue weighted by atomic mass is 16.7. The lowest BCUT2D eigenvalue weighted by atomic mass is 10.0. The number of pyridine rings is 1. The zero-order valence-corrected chi connectivity index (χ0v) is 20.1. The molecule has 1 saturated heterocycles. The number of aromatic nitrogens is 1. The number of nitrogens with zero attached hydrogens (tertiary/aromatic N) is 2. The average Bonchev–Trinajstić information content (AvgIpc) is 3.41. The van der Waals surface area contributed by atoms with E-state index >= 15 is 0 Å². The summed E-state index contributed by atoms with van der Waals surface area (Å²) in [5.74, 6) is 0.315. The highest BCUT2D eigenvalue weighted by Crippen LogP contribution is 2.26. The first-order chi connectivity index (χ1) is 17.6. The van der Waals surface area contributed by atoms with Crippen molar-refractivity contribution in [2.24, 2.45) is 0 Å². The van der Waals surface area contributed by atoms with Gasteiger partial charge in [-0.25, -0.2) is 5.48 Å². The molecule has 2 aromatic carbocycles. The molecule has 1 amide bonds. The number of aryl methyl sites for hydroxylation is 1. The van der Waals surface area contributed by atoms with Crippen LogP contribution in [0.1, 0.15) is 23.2 Å². The molecule has 0 aliphatic carbocycles. The van der Waals surface area contributed by atoms with Crippen LogP contribution in [0, 0.1) is 6.92 Å². The van der Waals surface area contributed by atoms with Crippen LogP contribution in [0.3, 0.4) is 0 Å². The average molecular weight is 491 g/mol. The number of fused-ring (bicyclic) bond motifs is 1. The first-order valence-corrected chi connectivity index (χ1v) is 12.1. The number of ether oxygens (including phenoxy) is 2. The summed E-state index contributed by atoms with van der Waals surface area (Å²) in [6.07, 6.45) is 1.74. The van der Waals surface area contributed by atoms with Gasteiger partial charge >= 0.3 is 0 Å². The van der Waals surface area contributed by atoms with Gasteiger partial charge in [-0.15, -0.1) is 0 Å². The third-order valence-electron chi connectivity index (χ3n) is 6.54. The SMILES string of the molecule is Cc1cc(COc2ccc(C3=CC(C(CC(=O)NO)N4CCOCC4)ON3)cc2)c2ccccc2n1. The molecule has 3 N–H and O–H groups in total. The lowest BCUT2D eigenvalue weighted by molar-refractivity contribution is -0.133. The second-order valence-corrected chi connectivity index (χ2v) is 8.97. The zero-order valence-electron chi connectivity index (χ0n) is 20.1. The normalized spacial score (nSPS) is 18.9. The molecular formula is C27H30N4O5. The van der Waals surface area contributed by atoms with Crippen molar-refractivity contribution < 1.29 is 24.3 Å². The van der Waals surface area contributed by atoms with E-state index in [1.54, 1.807) is 5.48 Å². The molecule has 0 saturated carbocycles. The monoisotopic (exact) mass is 490 g/mol. The minimum atomic E-state index is -0.449. The lowest BCUT2D eigenvalue weighted by Gasteiger charge is -2.35. The third kappa shape index (κ3) is 5.50. The van der Waals surface area contributed by atoms with Crippen molar-refractivity contribution in [2.45, 2.75) is 32.1 Å². The Morgan fingerprint density at radius 1 is 1.22 bits per heavy atom. The van der Waals surface area contributed by atoms with Gasteiger partial charge < -0.3 is 9.47 Å². The van der Waals surface area contributed by atoms with E-state index in [-0.39, 0.29) is 18.6 Å². The Hall–Kier alpha value is -3.50. The summed E-state index contributed by atoms with van der Waals surface area (Å²) in [7, 11) is 0. The molecule has 1 fully saturated rings. The topological polar surface area (TPSA) is 105 Å². The molecule has 1 aromatic heterocycles. The number of amides is 1. The highest BCUT2D eigenvalue weighted by molar-refractivity contribution is 5.82. The molecule has 188 valence electrons. The fourth-order valence-electron chi connectivity index (χ4n) is 4.71. The predicted octanol–water partition coefficient (Wildman–Crippen LogP) is 2.96. The number of morpholine rings is 1. The van der Waals surface area contributed by atoms with E-state index in [1.165, 1.54) is 0 Å². The summed E-state index contributed by atoms with van der Waals surface area (Å²) in [5.41, 5.74) is 9.53. The number of nitrogens with one attached hydrogen (secondary N) is 2. The molecule has 3 aromatic rings. The Bertz CT molecular complexity index is 1240. The van der Waals surface area contributed by atoms with Crippen LogP contribution in [-0.4, -0.2) is 59.4 Å². The molecular weight excluding hydrogens is 460 g/mol. The number of benzene rings is 2. The van der Waals surface area contributed by atoms with Gasteiger partial charge in [0, 0.05) is 36.2 Å². The van der Waals surface area contributed by atoms with Crippen LogP contribution in [0.25, 0.3) is 16.6 Å². The molecule has 2 aliphatic heterocycles. The minimum Gasteiger partial charge on any atom is -0.489 e. The summed E-state index contributed by atoms with van der Waals surface area (Å²) < 4.78 is 11.5. The number of hydrogen-bond acceptors (Lipinski definition) is 8. The van der Waals surface area contributed by atoms with E-state index in [4.69, 9.17) is 19.5 Å². The molecule has 0 radical (unpaired) electrons. The molecule has 9 nitrogen and oxygen atoms in total. The Morgan fingerprint density at radius 2 is 2.00 bits per heavy atom. The molecule has 9 heteroatoms. The standard InChI is InChI=1S/C27H30N4O5/c1-18-14-20(22-4-2-3-5-23(22)28-18)17-35-21-8-6-19(7-9-21)24-15-26(36-30-24)25(16-27(32)29-33)31-10-12-34-13-11-31/h2-9,14-15,25-26,30,33H,10-13,16-17H2,1H3,(H,29,32). The van der Waals surface area contributed by atoms with Gasteiger partial charge in [0.1, 0.15) is 18.5 Å². The Kier molecular flexibility index (Phi) is 7.43. The summed E-state index contributed by atoms with van der Waals surface area (Å²) in [5, 5.41) is 10.1. The molecule has 2 unspecified atom stereocenters. The molecule has 0 spiro atoms. The number of hydrogen-bond donors (Lipinski definition) is 3. The van der Waals surface area contributed by atoms with Crippen LogP contribution in [-0.2, 0) is 21.0 Å². The minimum absolute atomic E-state index is 0.114. The summed E-state index contributed by atoms with van der Waals surface area (Å²) in [4.78, 5) is 24.5. The van der Waals surface area contributed by atoms with Gasteiger partial charge in [-0.1, -0.05) is 18.2 Å². The number of para-hydroxylation sites is 1. The quantitative estimate of drug-likeness (QED) is 0.327. The third-order valence-corrected chi connectivity index (χ3v) is 6.54. The molecule has 3 heterocycles. The molecule has 2 atom stereocenters. The largest absolute Gasteiger partial charge is 0.489 e. The fraction of sp³-hybridized carbons (Fsp3) is 0.333. The van der Waals surface area contributed by atoms with Gasteiger partial charge in [-0.2, -0.15) is 0 Å². The van der Waals surface area contributed by atoms with Crippen molar-refractivity contribution in [3.05, 3.63) is 77.5 Å². The van der Waals surface area contributed by atoms with Crippen LogP contribution in [0.5, 0.6) is 5.75 Å². The van der Waals surface area contributed by atoms with Crippen molar-refractivity contribution in [3.8, 4) is 5.75 Å². The van der Waals surface area contributed by atoms with Gasteiger partial charge in [0.25, 0.3) is 0 Å². The van der Waals surface area contributed by atoms with Gasteiger partial charge in [0.2, 0.25) is 5.91 Å². The van der Waals surface area contributed by atoms with Crippen LogP contribution in [0.4, 0.5) is 0 Å². The van der Waals surface area contributed by atoms with Gasteiger partial charge in [-0.05, 0) is 55.0 Å². The molecule has 2 aliphatic rings. The van der Waals surface area contributed by atoms with Crippen LogP contribution < -0.4 is 15.7 Å². The van der Waals surface area contributed by atoms with E-state index in [2.05, 4.69) is 27.5 Å². The van der Waals surface area contributed by atoms with E-state index in [0.717, 1.165) is 39.2 Å². The van der Waals surface area contributed by atoms with Crippen molar-refractivity contribution in [3.63, 3.8) is 0 Å². The molecule has 5 rings (SSSR count). The number of hydroxylamine groups is 2. The Morgan fingerprint density at radius 3 is 2.78 bits per heavy atom. The maximum atomic E-state index is 11.9. The Balaban J connectivity index is 1.26. The van der Waals surface area contributed by atoms with E-state index in [1.807, 2.05) is 55.5 Å². The van der Waals surface area contributed by atoms with Crippen molar-refractivity contribution in [2.75, 3.05) is 26.3 Å². The molecule has 36 heavy (non-hydrogen) atoms. The second-order valence-electron chi connectivity index (χ2n) is 8.97. The summed E-state index contributed by atoms with van der Waals surface area (Å²) in [6.45, 7) is 5.04. The summed E-state index contributed by atoms with van der Waals surface area (Å²) in [6, 6.07) is 17.7. The van der Waals surface area contributed by atoms with E-state index in [0.29, 0.717) is 32.9 Å². The smallest absolute Gasteiger partial charge is 0.245 e. The van der Waals surface area contributed by atoms with Crippen molar-refractivity contribution in [1.29, 1.82) is 0 Å². The second kappa shape index (κ2) is 11.0. The first-order valence-electron chi connectivity index (χ1n) is 12.1. The Labute approximate surface area is 209 Å².